The summed E-state index contributed by atoms with van der Waals surface area (Å²) in [5, 5.41) is 11.4. The second kappa shape index (κ2) is 2.98. The van der Waals surface area contributed by atoms with Crippen molar-refractivity contribution in [2.75, 3.05) is 0 Å². The maximum absolute atomic E-state index is 5.80. The molecule has 2 aromatic rings. The van der Waals surface area contributed by atoms with E-state index in [9.17, 15) is 0 Å². The van der Waals surface area contributed by atoms with Crippen LogP contribution >= 0.6 is 0 Å². The molecule has 0 aliphatic carbocycles. The van der Waals surface area contributed by atoms with Gasteiger partial charge in [-0.05, 0) is 17.3 Å². The van der Waals surface area contributed by atoms with Gasteiger partial charge < -0.3 is 10.2 Å². The highest BCUT2D eigenvalue weighted by atomic mass is 16.3. The highest BCUT2D eigenvalue weighted by Crippen LogP contribution is 2.14. The first-order valence-electron chi connectivity index (χ1n) is 3.80. The van der Waals surface area contributed by atoms with E-state index in [1.165, 1.54) is 4.80 Å². The van der Waals surface area contributed by atoms with Gasteiger partial charge in [0.15, 0.2) is 5.82 Å². The van der Waals surface area contributed by atoms with Gasteiger partial charge in [0.25, 0.3) is 0 Å². The fourth-order valence-corrected chi connectivity index (χ4v) is 1.02. The van der Waals surface area contributed by atoms with E-state index >= 15 is 0 Å². The van der Waals surface area contributed by atoms with E-state index in [0.717, 1.165) is 0 Å². The van der Waals surface area contributed by atoms with Crippen LogP contribution in [0.15, 0.2) is 22.8 Å². The normalized spacial score (nSPS) is 13.1. The molecule has 0 aromatic carbocycles. The lowest BCUT2D eigenvalue weighted by molar-refractivity contribution is 0.481. The number of aryl methyl sites for hydroxylation is 1. The van der Waals surface area contributed by atoms with Crippen LogP contribution in [0.4, 0.5) is 0 Å². The van der Waals surface area contributed by atoms with Gasteiger partial charge >= 0.3 is 0 Å². The quantitative estimate of drug-likeness (QED) is 0.693. The van der Waals surface area contributed by atoms with Gasteiger partial charge in [-0.15, -0.1) is 10.2 Å². The molecule has 0 aliphatic rings. The topological polar surface area (TPSA) is 82.8 Å². The Morgan fingerprint density at radius 3 is 3.00 bits per heavy atom. The Balaban J connectivity index is 2.28. The summed E-state index contributed by atoms with van der Waals surface area (Å²) in [6.45, 7) is 0. The first-order chi connectivity index (χ1) is 6.27. The van der Waals surface area contributed by atoms with Crippen molar-refractivity contribution in [1.29, 1.82) is 0 Å². The molecule has 0 saturated carbocycles. The Kier molecular flexibility index (Phi) is 1.82. The number of furan rings is 1. The van der Waals surface area contributed by atoms with Crippen molar-refractivity contribution in [3.8, 4) is 0 Å². The summed E-state index contributed by atoms with van der Waals surface area (Å²) >= 11 is 0. The fraction of sp³-hybridized carbons (Fsp3) is 0.286. The largest absolute Gasteiger partial charge is 0.467 e. The molecule has 1 unspecified atom stereocenters. The molecular weight excluding hydrogens is 170 g/mol. The van der Waals surface area contributed by atoms with Crippen LogP contribution < -0.4 is 5.73 Å². The summed E-state index contributed by atoms with van der Waals surface area (Å²) in [5.74, 6) is 1.09. The molecule has 13 heavy (non-hydrogen) atoms. The molecule has 0 bridgehead atoms. The minimum Gasteiger partial charge on any atom is -0.467 e. The van der Waals surface area contributed by atoms with E-state index in [4.69, 9.17) is 10.2 Å². The van der Waals surface area contributed by atoms with Gasteiger partial charge in [-0.1, -0.05) is 0 Å². The minimum absolute atomic E-state index is 0.441. The van der Waals surface area contributed by atoms with Crippen molar-refractivity contribution in [1.82, 2.24) is 20.2 Å². The van der Waals surface area contributed by atoms with Crippen molar-refractivity contribution < 1.29 is 4.42 Å². The second-order valence-electron chi connectivity index (χ2n) is 2.63. The van der Waals surface area contributed by atoms with Gasteiger partial charge in [0.2, 0.25) is 0 Å². The maximum atomic E-state index is 5.80. The Morgan fingerprint density at radius 2 is 2.46 bits per heavy atom. The zero-order valence-corrected chi connectivity index (χ0v) is 7.08. The molecule has 0 amide bonds. The average Bonchev–Trinajstić information content (AvgIpc) is 2.72. The molecule has 68 valence electrons. The lowest BCUT2D eigenvalue weighted by Crippen LogP contribution is -2.13. The van der Waals surface area contributed by atoms with Crippen LogP contribution in [0.25, 0.3) is 0 Å². The highest BCUT2D eigenvalue weighted by molar-refractivity contribution is 5.11. The van der Waals surface area contributed by atoms with Crippen molar-refractivity contribution >= 4 is 0 Å². The first kappa shape index (κ1) is 7.93. The first-order valence-corrected chi connectivity index (χ1v) is 3.80. The van der Waals surface area contributed by atoms with Crippen molar-refractivity contribution in [2.45, 2.75) is 6.04 Å². The van der Waals surface area contributed by atoms with E-state index < -0.39 is 6.04 Å². The fourth-order valence-electron chi connectivity index (χ4n) is 1.02. The molecule has 6 heteroatoms. The lowest BCUT2D eigenvalue weighted by Gasteiger charge is -2.00. The summed E-state index contributed by atoms with van der Waals surface area (Å²) in [4.78, 5) is 1.36. The SMILES string of the molecule is Cn1nnc(C(N)c2ccco2)n1. The Morgan fingerprint density at radius 1 is 1.62 bits per heavy atom. The van der Waals surface area contributed by atoms with Gasteiger partial charge in [-0.2, -0.15) is 4.80 Å². The monoisotopic (exact) mass is 179 g/mol. The number of nitrogens with zero attached hydrogens (tertiary/aromatic N) is 4. The summed E-state index contributed by atoms with van der Waals surface area (Å²) in [5.41, 5.74) is 5.80. The summed E-state index contributed by atoms with van der Waals surface area (Å²) in [6.07, 6.45) is 1.56. The predicted octanol–water partition coefficient (Wildman–Crippen LogP) is -0.149. The Hall–Kier alpha value is -1.69. The van der Waals surface area contributed by atoms with Gasteiger partial charge in [0.1, 0.15) is 11.8 Å². The van der Waals surface area contributed by atoms with Gasteiger partial charge in [-0.25, -0.2) is 0 Å². The molecule has 2 rings (SSSR count). The zero-order valence-electron chi connectivity index (χ0n) is 7.08. The molecule has 2 heterocycles. The Labute approximate surface area is 74.3 Å². The zero-order chi connectivity index (χ0) is 9.26. The molecule has 0 saturated heterocycles. The third kappa shape index (κ3) is 1.43. The molecule has 1 atom stereocenters. The lowest BCUT2D eigenvalue weighted by atomic mass is 10.2. The number of nitrogens with two attached hydrogens (primary N) is 1. The van der Waals surface area contributed by atoms with E-state index in [1.54, 1.807) is 25.4 Å². The molecule has 0 spiro atoms. The van der Waals surface area contributed by atoms with Crippen LogP contribution in [0.2, 0.25) is 0 Å². The standard InChI is InChI=1S/C7H9N5O/c1-12-10-7(9-11-12)6(8)5-3-2-4-13-5/h2-4,6H,8H2,1H3. The van der Waals surface area contributed by atoms with Crippen LogP contribution in [-0.4, -0.2) is 20.2 Å². The number of rotatable bonds is 2. The van der Waals surface area contributed by atoms with Crippen molar-refractivity contribution in [3.63, 3.8) is 0 Å². The van der Waals surface area contributed by atoms with Gasteiger partial charge in [-0.3, -0.25) is 0 Å². The molecule has 0 fully saturated rings. The van der Waals surface area contributed by atoms with Gasteiger partial charge in [0.05, 0.1) is 13.3 Å². The van der Waals surface area contributed by atoms with Crippen LogP contribution in [0.1, 0.15) is 17.6 Å². The smallest absolute Gasteiger partial charge is 0.199 e. The van der Waals surface area contributed by atoms with E-state index in [0.29, 0.717) is 11.6 Å². The van der Waals surface area contributed by atoms with Crippen LogP contribution in [-0.2, 0) is 7.05 Å². The predicted molar refractivity (Wildman–Crippen MR) is 43.5 cm³/mol. The number of hydrogen-bond donors (Lipinski definition) is 1. The van der Waals surface area contributed by atoms with Gasteiger partial charge in [0, 0.05) is 0 Å². The summed E-state index contributed by atoms with van der Waals surface area (Å²) in [6, 6.07) is 3.11. The third-order valence-electron chi connectivity index (χ3n) is 1.65. The minimum atomic E-state index is -0.441. The molecular formula is C7H9N5O. The number of aromatic nitrogens is 4. The molecule has 0 radical (unpaired) electrons. The van der Waals surface area contributed by atoms with Crippen LogP contribution in [0.5, 0.6) is 0 Å². The van der Waals surface area contributed by atoms with Crippen molar-refractivity contribution in [2.24, 2.45) is 12.8 Å². The second-order valence-corrected chi connectivity index (χ2v) is 2.63. The Bertz CT molecular complexity index is 379. The molecule has 0 aliphatic heterocycles. The number of tetrazole rings is 1. The van der Waals surface area contributed by atoms with Crippen molar-refractivity contribution in [3.05, 3.63) is 30.0 Å². The number of hydrogen-bond acceptors (Lipinski definition) is 5. The maximum Gasteiger partial charge on any atom is 0.199 e. The highest BCUT2D eigenvalue weighted by Gasteiger charge is 2.16. The summed E-state index contributed by atoms with van der Waals surface area (Å²) in [7, 11) is 1.69. The van der Waals surface area contributed by atoms with E-state index in [2.05, 4.69) is 15.4 Å². The van der Waals surface area contributed by atoms with Crippen LogP contribution in [0.3, 0.4) is 0 Å². The van der Waals surface area contributed by atoms with Crippen LogP contribution in [0, 0.1) is 0 Å². The molecule has 2 N–H and O–H groups in total. The third-order valence-corrected chi connectivity index (χ3v) is 1.65. The van der Waals surface area contributed by atoms with E-state index in [-0.39, 0.29) is 0 Å². The summed E-state index contributed by atoms with van der Waals surface area (Å²) < 4.78 is 5.12. The van der Waals surface area contributed by atoms with E-state index in [1.807, 2.05) is 0 Å². The molecule has 2 aromatic heterocycles. The molecule has 6 nitrogen and oxygen atoms in total. The average molecular weight is 179 g/mol.